The molecular weight excluding hydrogens is 130 g/mol. The summed E-state index contributed by atoms with van der Waals surface area (Å²) in [5.74, 6) is -0.157. The fourth-order valence-electron chi connectivity index (χ4n) is 1.25. The second-order valence-corrected chi connectivity index (χ2v) is 3.26. The van der Waals surface area contributed by atoms with Gasteiger partial charge in [0, 0.05) is 7.29 Å². The van der Waals surface area contributed by atoms with Gasteiger partial charge >= 0.3 is 0 Å². The molecule has 0 unspecified atom stereocenters. The molecule has 0 aromatic carbocycles. The zero-order valence-electron chi connectivity index (χ0n) is 7.73. The van der Waals surface area contributed by atoms with E-state index in [1.165, 1.54) is 0 Å². The summed E-state index contributed by atoms with van der Waals surface area (Å²) in [5, 5.41) is 0. The van der Waals surface area contributed by atoms with Crippen molar-refractivity contribution in [1.82, 2.24) is 0 Å². The Hall–Kier alpha value is -0.0451. The van der Waals surface area contributed by atoms with E-state index in [9.17, 15) is 4.39 Å². The lowest BCUT2D eigenvalue weighted by molar-refractivity contribution is 0.0632. The van der Waals surface area contributed by atoms with Gasteiger partial charge in [-0.1, -0.05) is 6.92 Å². The van der Waals surface area contributed by atoms with Crippen LogP contribution in [0.1, 0.15) is 22.1 Å². The van der Waals surface area contributed by atoms with Crippen LogP contribution in [0.15, 0.2) is 0 Å². The van der Waals surface area contributed by atoms with Gasteiger partial charge in [-0.3, -0.25) is 0 Å². The van der Waals surface area contributed by atoms with E-state index in [2.05, 4.69) is 0 Å². The maximum Gasteiger partial charge on any atom is 0.143 e. The van der Waals surface area contributed by atoms with Crippen LogP contribution in [0.3, 0.4) is 0 Å². The predicted octanol–water partition coefficient (Wildman–Crippen LogP) is 0.729. The third-order valence-electron chi connectivity index (χ3n) is 2.62. The number of halogens is 1. The molecule has 1 nitrogen and oxygen atoms in total. The van der Waals surface area contributed by atoms with Crippen molar-refractivity contribution < 1.29 is 10.5 Å². The highest BCUT2D eigenvalue weighted by atomic mass is 19.1. The van der Waals surface area contributed by atoms with E-state index >= 15 is 0 Å². The summed E-state index contributed by atoms with van der Waals surface area (Å²) in [4.78, 5) is 0. The number of ether oxygens (including phenoxy) is 1. The Bertz CT molecular complexity index is 153. The molecule has 58 valence electrons. The van der Waals surface area contributed by atoms with Gasteiger partial charge in [0.15, 0.2) is 0 Å². The molecule has 0 N–H and O–H groups in total. The number of hydrogen-bond donors (Lipinski definition) is 0. The molecule has 0 aromatic rings. The minimum Gasteiger partial charge on any atom is -0.381 e. The Balaban J connectivity index is 2.71. The topological polar surface area (TPSA) is 9.23 Å². The molecule has 10 heavy (non-hydrogen) atoms. The zero-order valence-corrected chi connectivity index (χ0v) is 6.73. The summed E-state index contributed by atoms with van der Waals surface area (Å²) >= 11 is 0. The monoisotopic (exact) mass is 146 g/mol. The Kier molecular flexibility index (Phi) is 1.48. The van der Waals surface area contributed by atoms with Crippen molar-refractivity contribution in [1.29, 1.82) is 0 Å². The lowest BCUT2D eigenvalue weighted by atomic mass is 9.79. The summed E-state index contributed by atoms with van der Waals surface area (Å²) in [6.45, 7) is 3.52. The lowest BCUT2D eigenvalue weighted by Gasteiger charge is -2.21. The number of rotatable bonds is 0. The highest BCUT2D eigenvalue weighted by molar-refractivity contribution is 6.12. The minimum absolute atomic E-state index is 0.157. The number of hydrogen-bond acceptors (Lipinski definition) is 1. The quantitative estimate of drug-likeness (QED) is 0.457. The van der Waals surface area contributed by atoms with Crippen molar-refractivity contribution in [2.75, 3.05) is 0 Å². The summed E-state index contributed by atoms with van der Waals surface area (Å²) in [6, 6.07) is -0.368. The summed E-state index contributed by atoms with van der Waals surface area (Å²) < 4.78 is 26.0. The normalized spacial score (nSPS) is 56.7. The molecule has 0 spiro atoms. The van der Waals surface area contributed by atoms with Crippen LogP contribution >= 0.6 is 0 Å². The first-order valence-corrected chi connectivity index (χ1v) is 3.63. The molecule has 0 bridgehead atoms. The SMILES string of the molecule is [3H]C[C@H]1O[C@@H](B)[C@](C)(F)[C@@H]1C. The van der Waals surface area contributed by atoms with E-state index in [1.807, 2.05) is 6.92 Å². The van der Waals surface area contributed by atoms with Gasteiger partial charge < -0.3 is 4.74 Å². The zero-order chi connectivity index (χ0) is 8.65. The van der Waals surface area contributed by atoms with Crippen molar-refractivity contribution in [2.45, 2.75) is 38.5 Å². The van der Waals surface area contributed by atoms with Gasteiger partial charge in [0.1, 0.15) is 13.5 Å². The molecule has 4 atom stereocenters. The van der Waals surface area contributed by atoms with Crippen LogP contribution in [0.25, 0.3) is 0 Å². The lowest BCUT2D eigenvalue weighted by Crippen LogP contribution is -2.35. The van der Waals surface area contributed by atoms with E-state index in [1.54, 1.807) is 14.8 Å². The summed E-state index contributed by atoms with van der Waals surface area (Å²) in [6.07, 6.45) is -0.222. The molecule has 1 rings (SSSR count). The second kappa shape index (κ2) is 2.23. The van der Waals surface area contributed by atoms with Crippen molar-refractivity contribution in [3.8, 4) is 0 Å². The van der Waals surface area contributed by atoms with Crippen LogP contribution in [-0.2, 0) is 4.74 Å². The summed E-state index contributed by atoms with van der Waals surface area (Å²) in [7, 11) is 1.73. The molecule has 1 aliphatic rings. The van der Waals surface area contributed by atoms with Crippen molar-refractivity contribution in [2.24, 2.45) is 5.92 Å². The molecule has 0 saturated carbocycles. The van der Waals surface area contributed by atoms with Crippen LogP contribution in [0.4, 0.5) is 4.39 Å². The maximum atomic E-state index is 13.6. The highest BCUT2D eigenvalue weighted by Crippen LogP contribution is 2.37. The molecular formula is C7H14BFO. The van der Waals surface area contributed by atoms with E-state index < -0.39 is 5.67 Å². The van der Waals surface area contributed by atoms with E-state index in [0.717, 1.165) is 0 Å². The van der Waals surface area contributed by atoms with Gasteiger partial charge in [-0.05, 0) is 13.8 Å². The Morgan fingerprint density at radius 1 is 1.80 bits per heavy atom. The van der Waals surface area contributed by atoms with Gasteiger partial charge in [-0.15, -0.1) is 0 Å². The molecule has 0 aromatic heterocycles. The highest BCUT2D eigenvalue weighted by Gasteiger charge is 2.47. The van der Waals surface area contributed by atoms with Gasteiger partial charge in [-0.2, -0.15) is 0 Å². The Morgan fingerprint density at radius 3 is 2.60 bits per heavy atom. The average Bonchev–Trinajstić information content (AvgIpc) is 2.14. The second-order valence-electron chi connectivity index (χ2n) is 3.26. The fraction of sp³-hybridized carbons (Fsp3) is 1.00. The van der Waals surface area contributed by atoms with Crippen LogP contribution < -0.4 is 0 Å². The van der Waals surface area contributed by atoms with Gasteiger partial charge in [0.2, 0.25) is 0 Å². The van der Waals surface area contributed by atoms with Crippen LogP contribution in [0.2, 0.25) is 0 Å². The van der Waals surface area contributed by atoms with Gasteiger partial charge in [0.05, 0.1) is 12.1 Å². The standard InChI is InChI=1S/C7H14BFO/c1-4-5(2)10-6(8)7(4,3)9/h4-6H,8H2,1-3H3/t4-,5-,6-,7-/m1/s1/i2T. The molecule has 1 saturated heterocycles. The van der Waals surface area contributed by atoms with Crippen LogP contribution in [0.5, 0.6) is 0 Å². The van der Waals surface area contributed by atoms with Crippen LogP contribution in [-0.4, -0.2) is 25.6 Å². The van der Waals surface area contributed by atoms with E-state index in [0.29, 0.717) is 0 Å². The third-order valence-corrected chi connectivity index (χ3v) is 2.62. The molecule has 1 heterocycles. The Morgan fingerprint density at radius 2 is 2.40 bits per heavy atom. The average molecular weight is 146 g/mol. The molecule has 1 fully saturated rings. The predicted molar refractivity (Wildman–Crippen MR) is 41.6 cm³/mol. The van der Waals surface area contributed by atoms with Gasteiger partial charge in [-0.25, -0.2) is 4.39 Å². The van der Waals surface area contributed by atoms with E-state index in [-0.39, 0.29) is 24.9 Å². The first kappa shape index (κ1) is 6.65. The largest absolute Gasteiger partial charge is 0.381 e. The number of alkyl halides is 1. The van der Waals surface area contributed by atoms with Crippen molar-refractivity contribution in [3.63, 3.8) is 0 Å². The van der Waals surface area contributed by atoms with Gasteiger partial charge in [0.25, 0.3) is 0 Å². The minimum atomic E-state index is -1.26. The third kappa shape index (κ3) is 0.966. The first-order chi connectivity index (χ1) is 5.00. The molecule has 0 amide bonds. The molecule has 1 aliphatic heterocycles. The van der Waals surface area contributed by atoms with Crippen molar-refractivity contribution in [3.05, 3.63) is 0 Å². The fourth-order valence-corrected chi connectivity index (χ4v) is 1.25. The molecule has 0 radical (unpaired) electrons. The Labute approximate surface area is 63.8 Å². The molecule has 3 heteroatoms. The van der Waals surface area contributed by atoms with Crippen molar-refractivity contribution >= 4 is 7.85 Å². The van der Waals surface area contributed by atoms with E-state index in [4.69, 9.17) is 6.11 Å². The molecule has 0 aliphatic carbocycles. The van der Waals surface area contributed by atoms with Crippen LogP contribution in [0, 0.1) is 5.92 Å². The maximum absolute atomic E-state index is 13.6. The first-order valence-electron chi connectivity index (χ1n) is 4.34. The summed E-state index contributed by atoms with van der Waals surface area (Å²) in [5.41, 5.74) is -1.26. The smallest absolute Gasteiger partial charge is 0.143 e.